The summed E-state index contributed by atoms with van der Waals surface area (Å²) in [4.78, 5) is 68.8. The highest BCUT2D eigenvalue weighted by Gasteiger charge is 2.65. The van der Waals surface area contributed by atoms with Crippen LogP contribution in [0.4, 0.5) is 0 Å². The topological polar surface area (TPSA) is 322 Å². The highest BCUT2D eigenvalue weighted by Crippen LogP contribution is 2.56. The van der Waals surface area contributed by atoms with Crippen LogP contribution in [-0.4, -0.2) is 167 Å². The Balaban J connectivity index is 1.09. The molecule has 2 aliphatic heterocycles. The Hall–Kier alpha value is -3.83. The second-order valence-electron chi connectivity index (χ2n) is 17.4. The minimum absolute atomic E-state index is 0.0328. The van der Waals surface area contributed by atoms with Crippen molar-refractivity contribution in [3.05, 3.63) is 52.0 Å². The molecule has 14 atom stereocenters. The van der Waals surface area contributed by atoms with Crippen LogP contribution in [0.3, 0.4) is 0 Å². The summed E-state index contributed by atoms with van der Waals surface area (Å²) in [5.74, 6) is -10.0. The van der Waals surface area contributed by atoms with Crippen molar-refractivity contribution in [3.8, 4) is 5.75 Å². The average molecular weight is 924 g/mol. The quantitative estimate of drug-likeness (QED) is 0.0602. The number of hydrogen-bond acceptors (Lipinski definition) is 17. The van der Waals surface area contributed by atoms with Gasteiger partial charge in [-0.25, -0.2) is 0 Å². The zero-order valence-corrected chi connectivity index (χ0v) is 36.9. The predicted molar refractivity (Wildman–Crippen MR) is 227 cm³/mol. The number of nitrogens with one attached hydrogen (secondary N) is 3. The van der Waals surface area contributed by atoms with Gasteiger partial charge >= 0.3 is 0 Å². The summed E-state index contributed by atoms with van der Waals surface area (Å²) in [5, 5.41) is 96.7. The standard InChI is InChI=1S/C42H58ClN5O14S/c1-5-18-13-19(39(59)47-28(17(2)43)35-33(54)32(53)34(55)40(62-35)63-4)16-48(15-18)12-9-24(50)45-10-11-46-29-22-14-21-26(30(51)25-20(41(21,3)60)7-6-8-23(25)49)36(56)42(22,61)37(57)27(31(29)52)38(44)58/h6-8,17-19,21-22,28-29,32-35,40,46,49,52-56,60-61H,5,9-16H2,1-4H3,(H2,44,58)(H,45,50)(H,47,59)/t17?,18?,19?,21-,22-,28?,29-,32+,33+,34?,35?,40+,41+,42-/m0/s1. The molecule has 21 heteroatoms. The average Bonchev–Trinajstić information content (AvgIpc) is 3.23. The van der Waals surface area contributed by atoms with E-state index in [0.29, 0.717) is 26.1 Å². The molecule has 2 saturated heterocycles. The van der Waals surface area contributed by atoms with Crippen LogP contribution in [0.25, 0.3) is 0 Å². The van der Waals surface area contributed by atoms with Crippen LogP contribution in [-0.2, 0) is 29.5 Å². The van der Waals surface area contributed by atoms with E-state index in [1.54, 1.807) is 13.2 Å². The Morgan fingerprint density at radius 3 is 2.38 bits per heavy atom. The van der Waals surface area contributed by atoms with E-state index >= 15 is 0 Å². The molecule has 0 bridgehead atoms. The number of Topliss-reactive ketones (excluding diaryl/α,β-unsaturated/α-hetero) is 2. The van der Waals surface area contributed by atoms with E-state index in [0.717, 1.165) is 18.2 Å². The van der Waals surface area contributed by atoms with E-state index in [4.69, 9.17) is 22.1 Å². The number of benzene rings is 1. The third-order valence-electron chi connectivity index (χ3n) is 13.5. The van der Waals surface area contributed by atoms with Gasteiger partial charge in [0, 0.05) is 56.6 Å². The predicted octanol–water partition coefficient (Wildman–Crippen LogP) is -1.05. The molecule has 348 valence electrons. The summed E-state index contributed by atoms with van der Waals surface area (Å²) >= 11 is 7.63. The number of ketones is 2. The van der Waals surface area contributed by atoms with Crippen molar-refractivity contribution in [2.75, 3.05) is 39.0 Å². The van der Waals surface area contributed by atoms with E-state index in [1.807, 2.05) is 11.8 Å². The molecular weight excluding hydrogens is 866 g/mol. The molecule has 13 N–H and O–H groups in total. The molecule has 3 amide bonds. The number of aromatic hydroxyl groups is 1. The number of primary amides is 1. The molecule has 1 aromatic rings. The maximum absolute atomic E-state index is 13.7. The Labute approximate surface area is 373 Å². The number of piperidine rings is 1. The van der Waals surface area contributed by atoms with Gasteiger partial charge in [0.1, 0.15) is 52.7 Å². The smallest absolute Gasteiger partial charge is 0.255 e. The van der Waals surface area contributed by atoms with Gasteiger partial charge in [0.15, 0.2) is 11.4 Å². The molecule has 6 unspecified atom stereocenters. The van der Waals surface area contributed by atoms with Crippen molar-refractivity contribution < 1.29 is 69.6 Å². The van der Waals surface area contributed by atoms with Gasteiger partial charge in [-0.1, -0.05) is 25.5 Å². The van der Waals surface area contributed by atoms with E-state index in [1.165, 1.54) is 25.1 Å². The molecule has 3 aliphatic carbocycles. The van der Waals surface area contributed by atoms with Crippen molar-refractivity contribution in [1.82, 2.24) is 20.9 Å². The minimum Gasteiger partial charge on any atom is -0.510 e. The number of aliphatic hydroxyl groups is 7. The third kappa shape index (κ3) is 8.83. The van der Waals surface area contributed by atoms with E-state index in [9.17, 15) is 64.8 Å². The fraction of sp³-hybridized carbons (Fsp3) is 0.643. The number of alkyl halides is 1. The van der Waals surface area contributed by atoms with Gasteiger partial charge in [-0.15, -0.1) is 23.4 Å². The molecule has 0 saturated carbocycles. The number of phenols is 1. The number of ether oxygens (including phenoxy) is 1. The molecule has 2 heterocycles. The highest BCUT2D eigenvalue weighted by molar-refractivity contribution is 7.99. The number of halogens is 1. The first-order valence-corrected chi connectivity index (χ1v) is 22.8. The van der Waals surface area contributed by atoms with E-state index in [2.05, 4.69) is 16.0 Å². The second kappa shape index (κ2) is 18.9. The van der Waals surface area contributed by atoms with Gasteiger partial charge in [-0.3, -0.25) is 24.0 Å². The van der Waals surface area contributed by atoms with Crippen molar-refractivity contribution >= 4 is 52.7 Å². The lowest BCUT2D eigenvalue weighted by atomic mass is 9.55. The summed E-state index contributed by atoms with van der Waals surface area (Å²) in [6, 6.07) is 1.72. The van der Waals surface area contributed by atoms with Crippen LogP contribution in [0, 0.1) is 23.7 Å². The summed E-state index contributed by atoms with van der Waals surface area (Å²) in [6.45, 7) is 6.07. The number of aliphatic hydroxyl groups excluding tert-OH is 5. The van der Waals surface area contributed by atoms with Crippen LogP contribution < -0.4 is 21.7 Å². The highest BCUT2D eigenvalue weighted by atomic mass is 35.5. The zero-order valence-electron chi connectivity index (χ0n) is 35.4. The third-order valence-corrected chi connectivity index (χ3v) is 14.7. The molecule has 1 aromatic carbocycles. The van der Waals surface area contributed by atoms with Crippen molar-refractivity contribution in [2.24, 2.45) is 29.4 Å². The van der Waals surface area contributed by atoms with Crippen LogP contribution in [0.5, 0.6) is 5.75 Å². The molecule has 0 aromatic heterocycles. The summed E-state index contributed by atoms with van der Waals surface area (Å²) in [6.07, 6.45) is -2.79. The summed E-state index contributed by atoms with van der Waals surface area (Å²) in [7, 11) is 0. The number of carbonyl (C=O) groups excluding carboxylic acids is 5. The number of fused-ring (bicyclic) bond motifs is 3. The number of likely N-dealkylation sites (tertiary alicyclic amines) is 1. The lowest BCUT2D eigenvalue weighted by Crippen LogP contribution is -2.65. The molecule has 0 spiro atoms. The van der Waals surface area contributed by atoms with E-state index < -0.39 is 122 Å². The zero-order chi connectivity index (χ0) is 46.5. The fourth-order valence-electron chi connectivity index (χ4n) is 10.0. The summed E-state index contributed by atoms with van der Waals surface area (Å²) in [5.41, 5.74) is -2.07. The van der Waals surface area contributed by atoms with Crippen molar-refractivity contribution in [2.45, 2.75) is 105 Å². The largest absolute Gasteiger partial charge is 0.510 e. The SMILES string of the molecule is CCC1CC(C(=O)NC(C(C)Cl)C2O[C@H](SC)C(O)[C@H](O)[C@H]2O)CN(CCC(=O)NCCN[C@@H]2C(O)=C(C(N)=O)C(=O)[C@@]3(O)C(O)=C4C(=O)c5c(O)cccc5[C@@](C)(O)[C@H]4C[C@@H]23)C1. The molecule has 5 aliphatic rings. The van der Waals surface area contributed by atoms with Crippen LogP contribution in [0.15, 0.2) is 40.9 Å². The molecule has 63 heavy (non-hydrogen) atoms. The molecule has 0 radical (unpaired) electrons. The lowest BCUT2D eigenvalue weighted by Gasteiger charge is -2.52. The normalized spacial score (nSPS) is 35.6. The van der Waals surface area contributed by atoms with Crippen molar-refractivity contribution in [1.29, 1.82) is 0 Å². The maximum atomic E-state index is 13.7. The number of nitrogens with zero attached hydrogens (tertiary/aromatic N) is 1. The number of rotatable bonds is 14. The van der Waals surface area contributed by atoms with Crippen LogP contribution in [0.1, 0.15) is 62.4 Å². The maximum Gasteiger partial charge on any atom is 0.255 e. The van der Waals surface area contributed by atoms with Gasteiger partial charge in [0.05, 0.1) is 34.5 Å². The number of thioether (sulfide) groups is 1. The Bertz CT molecular complexity index is 2050. The minimum atomic E-state index is -2.95. The van der Waals surface area contributed by atoms with Crippen molar-refractivity contribution in [3.63, 3.8) is 0 Å². The van der Waals surface area contributed by atoms with Crippen LogP contribution >= 0.6 is 23.4 Å². The molecule has 2 fully saturated rings. The van der Waals surface area contributed by atoms with Gasteiger partial charge in [0.2, 0.25) is 17.6 Å². The Morgan fingerprint density at radius 2 is 1.75 bits per heavy atom. The lowest BCUT2D eigenvalue weighted by molar-refractivity contribution is -0.205. The number of nitrogens with two attached hydrogens (primary N) is 1. The monoisotopic (exact) mass is 923 g/mol. The molecular formula is C42H58ClN5O14S. The Kier molecular flexibility index (Phi) is 14.6. The van der Waals surface area contributed by atoms with Gasteiger partial charge in [-0.05, 0) is 50.5 Å². The number of amides is 3. The summed E-state index contributed by atoms with van der Waals surface area (Å²) < 4.78 is 5.89. The van der Waals surface area contributed by atoms with Gasteiger partial charge < -0.3 is 72.2 Å². The van der Waals surface area contributed by atoms with E-state index in [-0.39, 0.29) is 54.8 Å². The van der Waals surface area contributed by atoms with Crippen LogP contribution in [0.2, 0.25) is 0 Å². The Morgan fingerprint density at radius 1 is 1.05 bits per heavy atom. The van der Waals surface area contributed by atoms with Gasteiger partial charge in [-0.2, -0.15) is 0 Å². The number of carbonyl (C=O) groups is 5. The first-order valence-electron chi connectivity index (χ1n) is 21.0. The first kappa shape index (κ1) is 48.6. The molecule has 19 nitrogen and oxygen atoms in total. The van der Waals surface area contributed by atoms with Gasteiger partial charge in [0.25, 0.3) is 5.91 Å². The first-order chi connectivity index (χ1) is 29.6. The molecule has 6 rings (SSSR count). The number of hydrogen-bond donors (Lipinski definition) is 12. The fourth-order valence-corrected chi connectivity index (χ4v) is 10.9. The second-order valence-corrected chi connectivity index (χ2v) is 19.1. The number of phenolic OH excluding ortho intramolecular Hbond substituents is 1.